The van der Waals surface area contributed by atoms with Gasteiger partial charge in [0.2, 0.25) is 5.95 Å². The first-order valence-corrected chi connectivity index (χ1v) is 2.47. The third-order valence-electron chi connectivity index (χ3n) is 0.668. The molecule has 2 N–H and O–H groups in total. The van der Waals surface area contributed by atoms with Crippen LogP contribution in [0.2, 0.25) is 0 Å². The topological polar surface area (TPSA) is 40.7 Å². The minimum atomic E-state index is 0.625. The zero-order chi connectivity index (χ0) is 5.82. The molecule has 1 rings (SSSR count). The average Bonchev–Trinajstić information content (AvgIpc) is 2.19. The van der Waals surface area contributed by atoms with Crippen molar-refractivity contribution in [3.63, 3.8) is 0 Å². The van der Waals surface area contributed by atoms with Gasteiger partial charge in [0.1, 0.15) is 5.49 Å². The summed E-state index contributed by atoms with van der Waals surface area (Å²) in [4.78, 5) is 6.60. The fourth-order valence-corrected chi connectivity index (χ4v) is 0.479. The van der Waals surface area contributed by atoms with E-state index in [0.29, 0.717) is 5.95 Å². The highest BCUT2D eigenvalue weighted by Crippen LogP contribution is 1.90. The molecule has 0 amide bonds. The second-order valence-electron chi connectivity index (χ2n) is 1.16. The molecule has 4 heteroatoms. The van der Waals surface area contributed by atoms with Gasteiger partial charge in [-0.1, -0.05) is 12.2 Å². The second kappa shape index (κ2) is 2.42. The molecule has 0 aromatic carbocycles. The van der Waals surface area contributed by atoms with E-state index >= 15 is 0 Å². The summed E-state index contributed by atoms with van der Waals surface area (Å²) in [6, 6.07) is 0. The molecule has 1 aromatic rings. The molecule has 1 heterocycles. The van der Waals surface area contributed by atoms with Crippen molar-refractivity contribution in [1.82, 2.24) is 9.97 Å². The highest BCUT2D eigenvalue weighted by molar-refractivity contribution is 7.79. The van der Waals surface area contributed by atoms with Crippen LogP contribution >= 0.6 is 12.2 Å². The molecule has 0 bridgehead atoms. The first kappa shape index (κ1) is 5.24. The minimum absolute atomic E-state index is 0.625. The third-order valence-corrected chi connectivity index (χ3v) is 0.770. The van der Waals surface area contributed by atoms with Crippen LogP contribution in [0.3, 0.4) is 0 Å². The molecule has 0 aliphatic rings. The number of nitrogens with one attached hydrogen (secondary N) is 2. The highest BCUT2D eigenvalue weighted by atomic mass is 32.1. The maximum Gasteiger partial charge on any atom is 0.205 e. The number of hydrogen-bond acceptors (Lipinski definition) is 2. The number of H-pyrrole nitrogens is 1. The zero-order valence-electron chi connectivity index (χ0n) is 4.01. The van der Waals surface area contributed by atoms with Gasteiger partial charge in [0.15, 0.2) is 0 Å². The minimum Gasteiger partial charge on any atom is -0.331 e. The molecule has 0 unspecified atom stereocenters. The van der Waals surface area contributed by atoms with Gasteiger partial charge in [-0.2, -0.15) is 0 Å². The maximum atomic E-state index is 4.38. The molecular formula is C4H4N3S. The summed E-state index contributed by atoms with van der Waals surface area (Å²) >= 11 is 4.38. The lowest BCUT2D eigenvalue weighted by atomic mass is 11.0. The predicted molar refractivity (Wildman–Crippen MR) is 34.8 cm³/mol. The van der Waals surface area contributed by atoms with E-state index in [4.69, 9.17) is 0 Å². The SMILES string of the molecule is S=[C]Nc1ncc[nH]1. The maximum absolute atomic E-state index is 4.38. The molecule has 0 saturated carbocycles. The van der Waals surface area contributed by atoms with Crippen molar-refractivity contribution in [2.75, 3.05) is 5.32 Å². The molecule has 0 atom stereocenters. The van der Waals surface area contributed by atoms with Gasteiger partial charge in [0.25, 0.3) is 0 Å². The lowest BCUT2D eigenvalue weighted by Crippen LogP contribution is -1.92. The number of nitrogens with zero attached hydrogens (tertiary/aromatic N) is 1. The van der Waals surface area contributed by atoms with Crippen LogP contribution in [0.25, 0.3) is 0 Å². The highest BCUT2D eigenvalue weighted by Gasteiger charge is 1.84. The molecular weight excluding hydrogens is 122 g/mol. The van der Waals surface area contributed by atoms with Crippen molar-refractivity contribution in [2.24, 2.45) is 0 Å². The van der Waals surface area contributed by atoms with Crippen molar-refractivity contribution in [3.8, 4) is 0 Å². The van der Waals surface area contributed by atoms with Gasteiger partial charge < -0.3 is 10.3 Å². The van der Waals surface area contributed by atoms with Crippen molar-refractivity contribution in [2.45, 2.75) is 0 Å². The van der Waals surface area contributed by atoms with Crippen LogP contribution in [0.4, 0.5) is 5.95 Å². The normalized spacial score (nSPS) is 8.50. The van der Waals surface area contributed by atoms with Crippen LogP contribution < -0.4 is 5.32 Å². The van der Waals surface area contributed by atoms with E-state index < -0.39 is 0 Å². The molecule has 0 spiro atoms. The van der Waals surface area contributed by atoms with Crippen molar-refractivity contribution in [3.05, 3.63) is 12.4 Å². The van der Waals surface area contributed by atoms with Gasteiger partial charge in [-0.15, -0.1) is 0 Å². The average molecular weight is 126 g/mol. The van der Waals surface area contributed by atoms with Gasteiger partial charge in [-0.05, 0) is 0 Å². The van der Waals surface area contributed by atoms with Gasteiger partial charge >= 0.3 is 0 Å². The predicted octanol–water partition coefficient (Wildman–Crippen LogP) is 0.656. The Kier molecular flexibility index (Phi) is 1.58. The van der Waals surface area contributed by atoms with Crippen molar-refractivity contribution < 1.29 is 0 Å². The molecule has 1 radical (unpaired) electrons. The summed E-state index contributed by atoms with van der Waals surface area (Å²) in [6.07, 6.45) is 3.34. The number of imidazole rings is 1. The number of aromatic amines is 1. The van der Waals surface area contributed by atoms with E-state index in [-0.39, 0.29) is 0 Å². The van der Waals surface area contributed by atoms with Gasteiger partial charge in [0.05, 0.1) is 0 Å². The Morgan fingerprint density at radius 3 is 3.25 bits per heavy atom. The Morgan fingerprint density at radius 2 is 2.75 bits per heavy atom. The third kappa shape index (κ3) is 1.04. The Bertz CT molecular complexity index is 158. The van der Waals surface area contributed by atoms with E-state index in [1.807, 2.05) is 0 Å². The summed E-state index contributed by atoms with van der Waals surface area (Å²) in [5, 5.41) is 2.59. The van der Waals surface area contributed by atoms with Crippen LogP contribution in [0.1, 0.15) is 0 Å². The quantitative estimate of drug-likeness (QED) is 0.451. The Hall–Kier alpha value is -0.900. The fourth-order valence-electron chi connectivity index (χ4n) is 0.382. The summed E-state index contributed by atoms with van der Waals surface area (Å²) in [5.41, 5.74) is 2.31. The van der Waals surface area contributed by atoms with Crippen LogP contribution in [0.5, 0.6) is 0 Å². The van der Waals surface area contributed by atoms with E-state index in [9.17, 15) is 0 Å². The number of hydrogen-bond donors (Lipinski definition) is 2. The molecule has 8 heavy (non-hydrogen) atoms. The van der Waals surface area contributed by atoms with Crippen molar-refractivity contribution in [1.29, 1.82) is 0 Å². The molecule has 0 saturated heterocycles. The van der Waals surface area contributed by atoms with Crippen LogP contribution in [-0.2, 0) is 0 Å². The standard InChI is InChI=1S/C4H4N3S/c8-3-7-4-5-1-2-6-4/h1-2H,(H2,5,6,7,8). The van der Waals surface area contributed by atoms with Crippen LogP contribution in [0, 0.1) is 0 Å². The summed E-state index contributed by atoms with van der Waals surface area (Å²) < 4.78 is 0. The number of rotatable bonds is 2. The van der Waals surface area contributed by atoms with Crippen LogP contribution in [0.15, 0.2) is 12.4 Å². The lowest BCUT2D eigenvalue weighted by Gasteiger charge is -1.85. The Balaban J connectivity index is 2.62. The molecule has 0 aliphatic heterocycles. The summed E-state index contributed by atoms with van der Waals surface area (Å²) in [5.74, 6) is 0.625. The number of thiocarbonyl (C=S) groups is 1. The van der Waals surface area contributed by atoms with Gasteiger partial charge in [0, 0.05) is 12.4 Å². The molecule has 41 valence electrons. The number of anilines is 1. The van der Waals surface area contributed by atoms with E-state index in [2.05, 4.69) is 33.0 Å². The zero-order valence-corrected chi connectivity index (χ0v) is 4.83. The Morgan fingerprint density at radius 1 is 1.88 bits per heavy atom. The molecule has 3 nitrogen and oxygen atoms in total. The first-order valence-electron chi connectivity index (χ1n) is 2.06. The Labute approximate surface area is 52.1 Å². The van der Waals surface area contributed by atoms with Crippen LogP contribution in [-0.4, -0.2) is 15.5 Å². The smallest absolute Gasteiger partial charge is 0.205 e. The van der Waals surface area contributed by atoms with E-state index in [0.717, 1.165) is 0 Å². The fraction of sp³-hybridized carbons (Fsp3) is 0. The first-order chi connectivity index (χ1) is 3.93. The molecule has 1 aromatic heterocycles. The van der Waals surface area contributed by atoms with E-state index in [1.54, 1.807) is 12.4 Å². The van der Waals surface area contributed by atoms with E-state index in [1.165, 1.54) is 0 Å². The number of aromatic nitrogens is 2. The van der Waals surface area contributed by atoms with Gasteiger partial charge in [-0.25, -0.2) is 4.98 Å². The second-order valence-corrected chi connectivity index (χ2v) is 1.37. The lowest BCUT2D eigenvalue weighted by molar-refractivity contribution is 1.32. The van der Waals surface area contributed by atoms with Gasteiger partial charge in [-0.3, -0.25) is 0 Å². The molecule has 0 fully saturated rings. The largest absolute Gasteiger partial charge is 0.331 e. The summed E-state index contributed by atoms with van der Waals surface area (Å²) in [6.45, 7) is 0. The monoisotopic (exact) mass is 126 g/mol. The summed E-state index contributed by atoms with van der Waals surface area (Å²) in [7, 11) is 0. The van der Waals surface area contributed by atoms with Crippen molar-refractivity contribution >= 4 is 23.7 Å². The molecule has 0 aliphatic carbocycles.